The number of benzene rings is 4. The van der Waals surface area contributed by atoms with Crippen LogP contribution < -0.4 is 31.0 Å². The molecule has 6 rings (SSSR count). The number of halogens is 1. The molecule has 7 heteroatoms. The Morgan fingerprint density at radius 2 is 0.686 bits per heavy atom. The second-order valence-corrected chi connectivity index (χ2v) is 11.1. The quantitative estimate of drug-likeness (QED) is 0.275. The lowest BCUT2D eigenvalue weighted by Crippen LogP contribution is -3.61. The van der Waals surface area contributed by atoms with Crippen LogP contribution in [0.5, 0.6) is 0 Å². The molecule has 4 aromatic carbocycles. The lowest BCUT2D eigenvalue weighted by atomic mass is 10.1. The molecule has 35 heavy (non-hydrogen) atoms. The summed E-state index contributed by atoms with van der Waals surface area (Å²) in [6.07, 6.45) is 0. The van der Waals surface area contributed by atoms with Crippen molar-refractivity contribution < 1.29 is 40.4 Å². The highest BCUT2D eigenvalue weighted by atomic mass is 127. The maximum absolute atomic E-state index is 12.7. The number of amides is 4. The average Bonchev–Trinajstić information content (AvgIpc) is 3.30. The SMILES string of the molecule is O=C1c2ccccc2C(=O)N1c1ccc([I+]c2ccc(N3C(=O)c4ccccc4C3=O)cc2)cc1. The standard InChI is InChI=1S/C28H16IN2O4/c32-25-21-5-1-2-6-22(21)26(33)30(25)19-13-9-17(10-14-19)29-18-11-15-20(16-12-18)31-27(34)23-7-3-4-8-24(23)28(31)35/h1-16H/q+1. The van der Waals surface area contributed by atoms with Gasteiger partial charge in [-0.3, -0.25) is 19.2 Å². The molecule has 2 aliphatic rings. The smallest absolute Gasteiger partial charge is 0.268 e. The zero-order valence-electron chi connectivity index (χ0n) is 18.1. The fourth-order valence-corrected chi connectivity index (χ4v) is 6.44. The van der Waals surface area contributed by atoms with Crippen molar-refractivity contribution in [2.24, 2.45) is 0 Å². The number of hydrogen-bond donors (Lipinski definition) is 0. The van der Waals surface area contributed by atoms with Gasteiger partial charge in [0.25, 0.3) is 23.6 Å². The highest BCUT2D eigenvalue weighted by Gasteiger charge is 2.37. The molecule has 0 atom stereocenters. The van der Waals surface area contributed by atoms with Crippen molar-refractivity contribution in [2.75, 3.05) is 9.80 Å². The molecule has 0 spiro atoms. The minimum Gasteiger partial charge on any atom is -0.268 e. The molecule has 0 radical (unpaired) electrons. The fraction of sp³-hybridized carbons (Fsp3) is 0. The Labute approximate surface area is 211 Å². The number of nitrogens with zero attached hydrogens (tertiary/aromatic N) is 2. The lowest BCUT2D eigenvalue weighted by Gasteiger charge is -2.13. The Morgan fingerprint density at radius 3 is 0.971 bits per heavy atom. The van der Waals surface area contributed by atoms with E-state index in [4.69, 9.17) is 0 Å². The van der Waals surface area contributed by atoms with Crippen molar-refractivity contribution in [3.05, 3.63) is 126 Å². The summed E-state index contributed by atoms with van der Waals surface area (Å²) < 4.78 is 2.22. The first kappa shape index (κ1) is 21.4. The van der Waals surface area contributed by atoms with Crippen LogP contribution in [0, 0.1) is 7.14 Å². The van der Waals surface area contributed by atoms with Gasteiger partial charge in [0, 0.05) is 0 Å². The van der Waals surface area contributed by atoms with Gasteiger partial charge in [-0.1, -0.05) is 24.3 Å². The third-order valence-corrected chi connectivity index (χ3v) is 8.66. The zero-order chi connectivity index (χ0) is 24.1. The number of imide groups is 2. The molecule has 0 aromatic heterocycles. The van der Waals surface area contributed by atoms with Crippen molar-refractivity contribution in [2.45, 2.75) is 0 Å². The summed E-state index contributed by atoms with van der Waals surface area (Å²) in [6.45, 7) is 0. The van der Waals surface area contributed by atoms with E-state index in [0.717, 1.165) is 7.14 Å². The number of carbonyl (C=O) groups excluding carboxylic acids is 4. The molecule has 0 N–H and O–H groups in total. The van der Waals surface area contributed by atoms with E-state index in [2.05, 4.69) is 0 Å². The normalized spacial score (nSPS) is 14.5. The largest absolute Gasteiger partial charge is 0.357 e. The summed E-state index contributed by atoms with van der Waals surface area (Å²) >= 11 is -0.540. The Balaban J connectivity index is 1.18. The van der Waals surface area contributed by atoms with Crippen LogP contribution >= 0.6 is 0 Å². The highest BCUT2D eigenvalue weighted by Crippen LogP contribution is 2.29. The summed E-state index contributed by atoms with van der Waals surface area (Å²) in [6, 6.07) is 28.6. The van der Waals surface area contributed by atoms with Crippen LogP contribution in [0.1, 0.15) is 41.4 Å². The van der Waals surface area contributed by atoms with E-state index in [1.165, 1.54) is 9.80 Å². The Kier molecular flexibility index (Phi) is 5.07. The Morgan fingerprint density at radius 1 is 0.400 bits per heavy atom. The molecule has 168 valence electrons. The van der Waals surface area contributed by atoms with Crippen molar-refractivity contribution in [3.8, 4) is 0 Å². The van der Waals surface area contributed by atoms with Gasteiger partial charge in [0.15, 0.2) is 7.14 Å². The first-order valence-electron chi connectivity index (χ1n) is 10.8. The number of rotatable bonds is 4. The number of hydrogen-bond acceptors (Lipinski definition) is 4. The molecular weight excluding hydrogens is 555 g/mol. The van der Waals surface area contributed by atoms with Gasteiger partial charge in [-0.2, -0.15) is 0 Å². The first-order valence-corrected chi connectivity index (χ1v) is 13.0. The van der Waals surface area contributed by atoms with Gasteiger partial charge < -0.3 is 0 Å². The van der Waals surface area contributed by atoms with Crippen LogP contribution in [0.4, 0.5) is 11.4 Å². The van der Waals surface area contributed by atoms with Crippen molar-refractivity contribution in [1.29, 1.82) is 0 Å². The number of anilines is 2. The van der Waals surface area contributed by atoms with Gasteiger partial charge in [-0.05, 0) is 72.8 Å². The van der Waals surface area contributed by atoms with Gasteiger partial charge >= 0.3 is 21.2 Å². The van der Waals surface area contributed by atoms with Crippen LogP contribution in [-0.2, 0) is 0 Å². The van der Waals surface area contributed by atoms with Crippen LogP contribution in [0.2, 0.25) is 0 Å². The molecule has 4 aromatic rings. The lowest BCUT2D eigenvalue weighted by molar-refractivity contribution is -0.597. The van der Waals surface area contributed by atoms with Crippen LogP contribution in [0.3, 0.4) is 0 Å². The highest BCUT2D eigenvalue weighted by molar-refractivity contribution is 6.35. The van der Waals surface area contributed by atoms with Gasteiger partial charge in [0.05, 0.1) is 33.6 Å². The predicted molar refractivity (Wildman–Crippen MR) is 125 cm³/mol. The molecule has 0 fully saturated rings. The van der Waals surface area contributed by atoms with Gasteiger partial charge in [0.1, 0.15) is 0 Å². The molecule has 0 saturated carbocycles. The molecule has 2 heterocycles. The number of carbonyl (C=O) groups is 4. The molecule has 0 saturated heterocycles. The Hall–Kier alpha value is -4.11. The summed E-state index contributed by atoms with van der Waals surface area (Å²) in [5, 5.41) is 0. The van der Waals surface area contributed by atoms with Crippen LogP contribution in [0.15, 0.2) is 97.1 Å². The van der Waals surface area contributed by atoms with Crippen molar-refractivity contribution in [1.82, 2.24) is 0 Å². The molecule has 2 aliphatic heterocycles. The van der Waals surface area contributed by atoms with Gasteiger partial charge in [0.2, 0.25) is 0 Å². The summed E-state index contributed by atoms with van der Waals surface area (Å²) in [4.78, 5) is 53.2. The maximum atomic E-state index is 12.7. The third kappa shape index (κ3) is 3.47. The van der Waals surface area contributed by atoms with Crippen LogP contribution in [0.25, 0.3) is 0 Å². The molecule has 0 aliphatic carbocycles. The van der Waals surface area contributed by atoms with E-state index in [-0.39, 0.29) is 23.6 Å². The maximum Gasteiger partial charge on any atom is 0.357 e. The second-order valence-electron chi connectivity index (χ2n) is 8.03. The van der Waals surface area contributed by atoms with Crippen molar-refractivity contribution >= 4 is 35.0 Å². The number of fused-ring (bicyclic) bond motifs is 2. The van der Waals surface area contributed by atoms with E-state index in [0.29, 0.717) is 33.6 Å². The molecule has 4 amide bonds. The van der Waals surface area contributed by atoms with Gasteiger partial charge in [-0.25, -0.2) is 9.80 Å². The minimum absolute atomic E-state index is 0.309. The monoisotopic (exact) mass is 571 g/mol. The van der Waals surface area contributed by atoms with E-state index in [9.17, 15) is 19.2 Å². The molecule has 6 nitrogen and oxygen atoms in total. The minimum atomic E-state index is -0.540. The zero-order valence-corrected chi connectivity index (χ0v) is 20.3. The van der Waals surface area contributed by atoms with E-state index >= 15 is 0 Å². The fourth-order valence-electron chi connectivity index (χ4n) is 4.28. The van der Waals surface area contributed by atoms with E-state index < -0.39 is 21.2 Å². The Bertz CT molecular complexity index is 1360. The second kappa shape index (κ2) is 8.28. The summed E-state index contributed by atoms with van der Waals surface area (Å²) in [5.41, 5.74) is 2.79. The molecular formula is C28H16IN2O4+. The summed E-state index contributed by atoms with van der Waals surface area (Å²) in [7, 11) is 0. The average molecular weight is 571 g/mol. The third-order valence-electron chi connectivity index (χ3n) is 5.98. The summed E-state index contributed by atoms with van der Waals surface area (Å²) in [5.74, 6) is -1.23. The van der Waals surface area contributed by atoms with Crippen LogP contribution in [-0.4, -0.2) is 23.6 Å². The molecule has 0 unspecified atom stereocenters. The topological polar surface area (TPSA) is 74.8 Å². The first-order chi connectivity index (χ1) is 17.0. The predicted octanol–water partition coefficient (Wildman–Crippen LogP) is 1.42. The van der Waals surface area contributed by atoms with Crippen molar-refractivity contribution in [3.63, 3.8) is 0 Å². The van der Waals surface area contributed by atoms with Gasteiger partial charge in [-0.15, -0.1) is 0 Å². The van der Waals surface area contributed by atoms with E-state index in [1.54, 1.807) is 72.8 Å². The molecule has 0 bridgehead atoms. The van der Waals surface area contributed by atoms with E-state index in [1.807, 2.05) is 24.3 Å².